The topological polar surface area (TPSA) is 106 Å². The van der Waals surface area contributed by atoms with Crippen LogP contribution in [0.15, 0.2) is 21.6 Å². The second-order valence-corrected chi connectivity index (χ2v) is 8.32. The third-order valence-corrected chi connectivity index (χ3v) is 5.68. The highest BCUT2D eigenvalue weighted by molar-refractivity contribution is 7.89. The maximum atomic E-state index is 12.1. The fourth-order valence-electron chi connectivity index (χ4n) is 2.76. The third kappa shape index (κ3) is 4.60. The average Bonchev–Trinajstić information content (AvgIpc) is 3.22. The van der Waals surface area contributed by atoms with Crippen LogP contribution in [0.4, 0.5) is 0 Å². The van der Waals surface area contributed by atoms with Gasteiger partial charge < -0.3 is 14.1 Å². The second kappa shape index (κ2) is 7.17. The van der Waals surface area contributed by atoms with Crippen molar-refractivity contribution in [3.63, 3.8) is 0 Å². The molecule has 1 aromatic heterocycles. The minimum Gasteiger partial charge on any atom is -0.450 e. The lowest BCUT2D eigenvalue weighted by atomic mass is 10.0. The van der Waals surface area contributed by atoms with Crippen molar-refractivity contribution in [2.45, 2.75) is 43.7 Å². The Morgan fingerprint density at radius 2 is 2.08 bits per heavy atom. The first-order valence-electron chi connectivity index (χ1n) is 8.42. The molecule has 1 saturated carbocycles. The van der Waals surface area contributed by atoms with E-state index in [1.54, 1.807) is 4.90 Å². The van der Waals surface area contributed by atoms with Gasteiger partial charge in [0.2, 0.25) is 10.9 Å². The molecular weight excluding hydrogens is 348 g/mol. The largest absolute Gasteiger partial charge is 0.450 e. The van der Waals surface area contributed by atoms with E-state index in [4.69, 9.17) is 9.15 Å². The van der Waals surface area contributed by atoms with Crippen LogP contribution in [0.1, 0.15) is 43.2 Å². The Balaban J connectivity index is 1.54. The minimum atomic E-state index is -3.76. The summed E-state index contributed by atoms with van der Waals surface area (Å²) in [4.78, 5) is 25.7. The Morgan fingerprint density at radius 1 is 1.32 bits per heavy atom. The number of nitrogens with zero attached hydrogens (tertiary/aromatic N) is 1. The number of furan rings is 1. The number of ether oxygens (including phenoxy) is 1. The van der Waals surface area contributed by atoms with E-state index in [0.717, 1.165) is 25.7 Å². The van der Waals surface area contributed by atoms with E-state index in [1.807, 2.05) is 0 Å². The van der Waals surface area contributed by atoms with Crippen molar-refractivity contribution >= 4 is 21.9 Å². The highest BCUT2D eigenvalue weighted by Gasteiger charge is 2.30. The quantitative estimate of drug-likeness (QED) is 0.753. The van der Waals surface area contributed by atoms with E-state index in [2.05, 4.69) is 11.6 Å². The SMILES string of the molecule is CC1CCCN(C(=O)COC(=O)c2ccc(S(=O)(=O)NC3CC3)o2)C1. The van der Waals surface area contributed by atoms with Crippen molar-refractivity contribution in [3.8, 4) is 0 Å². The van der Waals surface area contributed by atoms with Crippen LogP contribution in [0.3, 0.4) is 0 Å². The number of carbonyl (C=O) groups excluding carboxylic acids is 2. The van der Waals surface area contributed by atoms with Crippen LogP contribution < -0.4 is 4.72 Å². The molecule has 2 aliphatic rings. The number of carbonyl (C=O) groups is 2. The minimum absolute atomic E-state index is 0.0601. The number of esters is 1. The van der Waals surface area contributed by atoms with Gasteiger partial charge in [-0.15, -0.1) is 0 Å². The molecule has 0 spiro atoms. The second-order valence-electron chi connectivity index (χ2n) is 6.68. The summed E-state index contributed by atoms with van der Waals surface area (Å²) in [5, 5.41) is -0.331. The number of sulfonamides is 1. The lowest BCUT2D eigenvalue weighted by Crippen LogP contribution is -2.41. The molecule has 0 radical (unpaired) electrons. The predicted molar refractivity (Wildman–Crippen MR) is 87.3 cm³/mol. The lowest BCUT2D eigenvalue weighted by molar-refractivity contribution is -0.136. The normalized spacial score (nSPS) is 21.2. The molecule has 0 bridgehead atoms. The summed E-state index contributed by atoms with van der Waals surface area (Å²) in [6.07, 6.45) is 3.62. The molecule has 1 N–H and O–H groups in total. The van der Waals surface area contributed by atoms with E-state index in [0.29, 0.717) is 19.0 Å². The molecule has 2 heterocycles. The zero-order valence-corrected chi connectivity index (χ0v) is 14.9. The van der Waals surface area contributed by atoms with Gasteiger partial charge in [0.25, 0.3) is 15.9 Å². The first-order valence-corrected chi connectivity index (χ1v) is 9.90. The Hall–Kier alpha value is -1.87. The van der Waals surface area contributed by atoms with E-state index in [1.165, 1.54) is 12.1 Å². The van der Waals surface area contributed by atoms with Crippen molar-refractivity contribution in [2.24, 2.45) is 5.92 Å². The number of rotatable bonds is 6. The molecule has 0 aromatic carbocycles. The summed E-state index contributed by atoms with van der Waals surface area (Å²) in [6.45, 7) is 3.02. The average molecular weight is 370 g/mol. The molecule has 1 saturated heterocycles. The van der Waals surface area contributed by atoms with Crippen LogP contribution >= 0.6 is 0 Å². The monoisotopic (exact) mass is 370 g/mol. The van der Waals surface area contributed by atoms with Crippen LogP contribution in [-0.4, -0.2) is 50.9 Å². The number of hydrogen-bond donors (Lipinski definition) is 1. The van der Waals surface area contributed by atoms with Crippen molar-refractivity contribution in [1.82, 2.24) is 9.62 Å². The van der Waals surface area contributed by atoms with Crippen molar-refractivity contribution in [2.75, 3.05) is 19.7 Å². The molecule has 138 valence electrons. The summed E-state index contributed by atoms with van der Waals surface area (Å²) in [5.74, 6) is -0.915. The van der Waals surface area contributed by atoms with Gasteiger partial charge in [0.1, 0.15) is 0 Å². The highest BCUT2D eigenvalue weighted by Crippen LogP contribution is 2.23. The van der Waals surface area contributed by atoms with Gasteiger partial charge in [-0.05, 0) is 43.7 Å². The first-order chi connectivity index (χ1) is 11.8. The van der Waals surface area contributed by atoms with Crippen LogP contribution in [0, 0.1) is 5.92 Å². The molecule has 8 nitrogen and oxygen atoms in total. The molecule has 9 heteroatoms. The molecule has 1 aliphatic carbocycles. The maximum Gasteiger partial charge on any atom is 0.374 e. The standard InChI is InChI=1S/C16H22N2O6S/c1-11-3-2-8-18(9-11)14(19)10-23-16(20)13-6-7-15(24-13)25(21,22)17-12-4-5-12/h6-7,11-12,17H,2-5,8-10H2,1H3. The number of amides is 1. The van der Waals surface area contributed by atoms with Gasteiger partial charge in [0.05, 0.1) is 0 Å². The van der Waals surface area contributed by atoms with Crippen molar-refractivity contribution < 1.29 is 27.2 Å². The number of piperidine rings is 1. The van der Waals surface area contributed by atoms with Crippen LogP contribution in [0.25, 0.3) is 0 Å². The predicted octanol–water partition coefficient (Wildman–Crippen LogP) is 1.14. The highest BCUT2D eigenvalue weighted by atomic mass is 32.2. The summed E-state index contributed by atoms with van der Waals surface area (Å²) in [7, 11) is -3.76. The summed E-state index contributed by atoms with van der Waals surface area (Å²) < 4.78 is 36.5. The fraction of sp³-hybridized carbons (Fsp3) is 0.625. The summed E-state index contributed by atoms with van der Waals surface area (Å²) in [6, 6.07) is 2.38. The zero-order valence-electron chi connectivity index (χ0n) is 14.1. The zero-order chi connectivity index (χ0) is 18.0. The van der Waals surface area contributed by atoms with Gasteiger partial charge in [0.15, 0.2) is 6.61 Å². The molecule has 2 fully saturated rings. The molecule has 1 atom stereocenters. The van der Waals surface area contributed by atoms with Crippen molar-refractivity contribution in [1.29, 1.82) is 0 Å². The van der Waals surface area contributed by atoms with Crippen molar-refractivity contribution in [3.05, 3.63) is 17.9 Å². The maximum absolute atomic E-state index is 12.1. The molecule has 25 heavy (non-hydrogen) atoms. The summed E-state index contributed by atoms with van der Waals surface area (Å²) in [5.41, 5.74) is 0. The van der Waals surface area contributed by atoms with E-state index in [-0.39, 0.29) is 29.4 Å². The summed E-state index contributed by atoms with van der Waals surface area (Å²) >= 11 is 0. The Bertz CT molecular complexity index is 752. The molecule has 1 unspecified atom stereocenters. The Morgan fingerprint density at radius 3 is 2.76 bits per heavy atom. The van der Waals surface area contributed by atoms with Gasteiger partial charge in [-0.3, -0.25) is 4.79 Å². The smallest absolute Gasteiger partial charge is 0.374 e. The van der Waals surface area contributed by atoms with Crippen LogP contribution in [-0.2, 0) is 19.6 Å². The van der Waals surface area contributed by atoms with Gasteiger partial charge in [-0.25, -0.2) is 17.9 Å². The van der Waals surface area contributed by atoms with Gasteiger partial charge in [-0.2, -0.15) is 0 Å². The van der Waals surface area contributed by atoms with Gasteiger partial charge >= 0.3 is 5.97 Å². The molecule has 1 aliphatic heterocycles. The van der Waals surface area contributed by atoms with E-state index in [9.17, 15) is 18.0 Å². The van der Waals surface area contributed by atoms with Gasteiger partial charge in [-0.1, -0.05) is 6.92 Å². The lowest BCUT2D eigenvalue weighted by Gasteiger charge is -2.30. The third-order valence-electron chi connectivity index (χ3n) is 4.28. The van der Waals surface area contributed by atoms with Crippen LogP contribution in [0.5, 0.6) is 0 Å². The van der Waals surface area contributed by atoms with Gasteiger partial charge in [0, 0.05) is 19.1 Å². The molecule has 1 aromatic rings. The molecule has 3 rings (SSSR count). The number of likely N-dealkylation sites (tertiary alicyclic amines) is 1. The Labute approximate surface area is 146 Å². The van der Waals surface area contributed by atoms with E-state index >= 15 is 0 Å². The first kappa shape index (κ1) is 17.9. The molecular formula is C16H22N2O6S. The Kier molecular flexibility index (Phi) is 5.14. The number of hydrogen-bond acceptors (Lipinski definition) is 6. The van der Waals surface area contributed by atoms with E-state index < -0.39 is 16.0 Å². The fourth-order valence-corrected chi connectivity index (χ4v) is 4.00. The number of nitrogens with one attached hydrogen (secondary N) is 1. The molecule has 1 amide bonds. The van der Waals surface area contributed by atoms with Crippen LogP contribution in [0.2, 0.25) is 0 Å².